The van der Waals surface area contributed by atoms with Crippen LogP contribution in [0.4, 0.5) is 4.79 Å². The van der Waals surface area contributed by atoms with Crippen molar-refractivity contribution in [2.24, 2.45) is 5.92 Å². The first-order valence-corrected chi connectivity index (χ1v) is 7.78. The van der Waals surface area contributed by atoms with Gasteiger partial charge in [0.25, 0.3) is 0 Å². The Labute approximate surface area is 123 Å². The minimum absolute atomic E-state index is 0.208. The van der Waals surface area contributed by atoms with E-state index in [2.05, 4.69) is 10.6 Å². The molecule has 0 aromatic carbocycles. The van der Waals surface area contributed by atoms with Crippen molar-refractivity contribution in [2.75, 3.05) is 19.8 Å². The van der Waals surface area contributed by atoms with Gasteiger partial charge in [0.2, 0.25) is 0 Å². The number of amides is 2. The number of carbonyl (C=O) groups excluding carboxylic acids is 1. The van der Waals surface area contributed by atoms with Crippen LogP contribution in [-0.4, -0.2) is 37.0 Å². The van der Waals surface area contributed by atoms with E-state index >= 15 is 0 Å². The molecule has 20 heavy (non-hydrogen) atoms. The number of aryl methyl sites for hydroxylation is 1. The Bertz CT molecular complexity index is 432. The number of hydrogen-bond acceptors (Lipinski definition) is 4. The molecule has 1 aliphatic carbocycles. The molecule has 1 saturated carbocycles. The summed E-state index contributed by atoms with van der Waals surface area (Å²) in [6.07, 6.45) is 1.82. The van der Waals surface area contributed by atoms with Gasteiger partial charge in [-0.05, 0) is 37.8 Å². The molecule has 2 amide bonds. The number of urea groups is 1. The highest BCUT2D eigenvalue weighted by molar-refractivity contribution is 7.11. The molecule has 1 atom stereocenters. The number of aliphatic hydroxyl groups is 1. The van der Waals surface area contributed by atoms with Crippen LogP contribution in [0.2, 0.25) is 0 Å². The van der Waals surface area contributed by atoms with Gasteiger partial charge in [-0.15, -0.1) is 11.3 Å². The molecule has 2 rings (SSSR count). The van der Waals surface area contributed by atoms with Crippen LogP contribution < -0.4 is 10.6 Å². The summed E-state index contributed by atoms with van der Waals surface area (Å²) in [5.41, 5.74) is 0. The molecule has 1 aromatic heterocycles. The summed E-state index contributed by atoms with van der Waals surface area (Å²) in [4.78, 5) is 13.9. The molecule has 0 bridgehead atoms. The SMILES string of the molecule is Cc1ccc(CNC(=O)NCC(O)COCC2CC2)s1. The van der Waals surface area contributed by atoms with Gasteiger partial charge in [-0.3, -0.25) is 0 Å². The first kappa shape index (κ1) is 15.3. The van der Waals surface area contributed by atoms with Crippen molar-refractivity contribution in [3.63, 3.8) is 0 Å². The van der Waals surface area contributed by atoms with E-state index in [4.69, 9.17) is 4.74 Å². The number of thiophene rings is 1. The predicted molar refractivity (Wildman–Crippen MR) is 78.8 cm³/mol. The van der Waals surface area contributed by atoms with Gasteiger partial charge in [-0.2, -0.15) is 0 Å². The standard InChI is InChI=1S/C14H22N2O3S/c1-10-2-5-13(20-10)7-16-14(18)15-6-12(17)9-19-8-11-3-4-11/h2,5,11-12,17H,3-4,6-9H2,1H3,(H2,15,16,18). The van der Waals surface area contributed by atoms with Gasteiger partial charge in [0.05, 0.1) is 19.3 Å². The highest BCUT2D eigenvalue weighted by Crippen LogP contribution is 2.28. The van der Waals surface area contributed by atoms with E-state index < -0.39 is 6.10 Å². The van der Waals surface area contributed by atoms with Gasteiger partial charge < -0.3 is 20.5 Å². The molecule has 1 fully saturated rings. The van der Waals surface area contributed by atoms with Crippen molar-refractivity contribution >= 4 is 17.4 Å². The Morgan fingerprint density at radius 3 is 2.95 bits per heavy atom. The van der Waals surface area contributed by atoms with Crippen LogP contribution in [0.3, 0.4) is 0 Å². The molecule has 5 nitrogen and oxygen atoms in total. The van der Waals surface area contributed by atoms with Gasteiger partial charge in [-0.1, -0.05) is 0 Å². The second kappa shape index (κ2) is 7.61. The largest absolute Gasteiger partial charge is 0.389 e. The average Bonchev–Trinajstić information content (AvgIpc) is 3.15. The Morgan fingerprint density at radius 1 is 1.50 bits per heavy atom. The topological polar surface area (TPSA) is 70.6 Å². The predicted octanol–water partition coefficient (Wildman–Crippen LogP) is 1.64. The van der Waals surface area contributed by atoms with E-state index in [9.17, 15) is 9.90 Å². The Kier molecular flexibility index (Phi) is 5.82. The minimum atomic E-state index is -0.650. The Hall–Kier alpha value is -1.11. The molecule has 6 heteroatoms. The number of aliphatic hydroxyl groups excluding tert-OH is 1. The van der Waals surface area contributed by atoms with Crippen molar-refractivity contribution in [2.45, 2.75) is 32.4 Å². The molecular formula is C14H22N2O3S. The van der Waals surface area contributed by atoms with Crippen molar-refractivity contribution < 1.29 is 14.6 Å². The normalized spacial score (nSPS) is 15.9. The van der Waals surface area contributed by atoms with E-state index in [1.54, 1.807) is 11.3 Å². The maximum absolute atomic E-state index is 11.6. The lowest BCUT2D eigenvalue weighted by Crippen LogP contribution is -2.40. The number of rotatable bonds is 8. The molecular weight excluding hydrogens is 276 g/mol. The molecule has 1 aliphatic rings. The molecule has 0 aliphatic heterocycles. The summed E-state index contributed by atoms with van der Waals surface area (Å²) in [5.74, 6) is 0.688. The van der Waals surface area contributed by atoms with Crippen LogP contribution in [-0.2, 0) is 11.3 Å². The maximum atomic E-state index is 11.6. The fourth-order valence-corrected chi connectivity index (χ4v) is 2.56. The third kappa shape index (κ3) is 5.90. The first-order valence-electron chi connectivity index (χ1n) is 6.96. The van der Waals surface area contributed by atoms with E-state index in [1.165, 1.54) is 17.7 Å². The average molecular weight is 298 g/mol. The smallest absolute Gasteiger partial charge is 0.315 e. The molecule has 1 heterocycles. The number of nitrogens with one attached hydrogen (secondary N) is 2. The second-order valence-electron chi connectivity index (χ2n) is 5.21. The lowest BCUT2D eigenvalue weighted by Gasteiger charge is -2.12. The molecule has 0 saturated heterocycles. The van der Waals surface area contributed by atoms with Crippen molar-refractivity contribution in [3.05, 3.63) is 21.9 Å². The Morgan fingerprint density at radius 2 is 2.30 bits per heavy atom. The monoisotopic (exact) mass is 298 g/mol. The first-order chi connectivity index (χ1) is 9.63. The van der Waals surface area contributed by atoms with E-state index in [-0.39, 0.29) is 19.2 Å². The highest BCUT2D eigenvalue weighted by atomic mass is 32.1. The van der Waals surface area contributed by atoms with Gasteiger partial charge in [0.1, 0.15) is 0 Å². The quantitative estimate of drug-likeness (QED) is 0.683. The van der Waals surface area contributed by atoms with Crippen LogP contribution in [0.15, 0.2) is 12.1 Å². The number of hydrogen-bond donors (Lipinski definition) is 3. The summed E-state index contributed by atoms with van der Waals surface area (Å²) in [6, 6.07) is 3.76. The van der Waals surface area contributed by atoms with Crippen LogP contribution >= 0.6 is 11.3 Å². The van der Waals surface area contributed by atoms with Gasteiger partial charge in [0, 0.05) is 22.9 Å². The van der Waals surface area contributed by atoms with Crippen LogP contribution in [0.1, 0.15) is 22.6 Å². The zero-order valence-electron chi connectivity index (χ0n) is 11.7. The lowest BCUT2D eigenvalue weighted by molar-refractivity contribution is 0.0337. The summed E-state index contributed by atoms with van der Waals surface area (Å²) in [5, 5.41) is 15.1. The molecule has 112 valence electrons. The van der Waals surface area contributed by atoms with Crippen LogP contribution in [0.25, 0.3) is 0 Å². The Balaban J connectivity index is 1.52. The maximum Gasteiger partial charge on any atom is 0.315 e. The summed E-state index contributed by atoms with van der Waals surface area (Å²) in [6.45, 7) is 3.76. The molecule has 0 spiro atoms. The van der Waals surface area contributed by atoms with Crippen molar-refractivity contribution in [1.29, 1.82) is 0 Å². The fourth-order valence-electron chi connectivity index (χ4n) is 1.73. The zero-order chi connectivity index (χ0) is 14.4. The molecule has 0 radical (unpaired) electrons. The summed E-state index contributed by atoms with van der Waals surface area (Å²) < 4.78 is 5.36. The van der Waals surface area contributed by atoms with Crippen molar-refractivity contribution in [1.82, 2.24) is 10.6 Å². The number of carbonyl (C=O) groups is 1. The summed E-state index contributed by atoms with van der Waals surface area (Å²) in [7, 11) is 0. The number of ether oxygens (including phenoxy) is 1. The zero-order valence-corrected chi connectivity index (χ0v) is 12.5. The molecule has 1 unspecified atom stereocenters. The van der Waals surface area contributed by atoms with E-state index in [0.29, 0.717) is 12.5 Å². The summed E-state index contributed by atoms with van der Waals surface area (Å²) >= 11 is 1.66. The third-order valence-corrected chi connectivity index (χ3v) is 4.08. The second-order valence-corrected chi connectivity index (χ2v) is 6.58. The van der Waals surface area contributed by atoms with Crippen LogP contribution in [0.5, 0.6) is 0 Å². The van der Waals surface area contributed by atoms with Gasteiger partial charge in [-0.25, -0.2) is 4.79 Å². The van der Waals surface area contributed by atoms with E-state index in [0.717, 1.165) is 11.5 Å². The van der Waals surface area contributed by atoms with E-state index in [1.807, 2.05) is 19.1 Å². The van der Waals surface area contributed by atoms with Crippen LogP contribution in [0, 0.1) is 12.8 Å². The van der Waals surface area contributed by atoms with Crippen molar-refractivity contribution in [3.8, 4) is 0 Å². The fraction of sp³-hybridized carbons (Fsp3) is 0.643. The highest BCUT2D eigenvalue weighted by Gasteiger charge is 2.21. The molecule has 3 N–H and O–H groups in total. The van der Waals surface area contributed by atoms with Gasteiger partial charge >= 0.3 is 6.03 Å². The van der Waals surface area contributed by atoms with Gasteiger partial charge in [0.15, 0.2) is 0 Å². The molecule has 1 aromatic rings. The lowest BCUT2D eigenvalue weighted by atomic mass is 10.4. The minimum Gasteiger partial charge on any atom is -0.389 e. The third-order valence-electron chi connectivity index (χ3n) is 3.08.